The number of ether oxygens (including phenoxy) is 1. The second-order valence-corrected chi connectivity index (χ2v) is 7.23. The zero-order valence-corrected chi connectivity index (χ0v) is 13.8. The maximum absolute atomic E-state index is 13.9. The Bertz CT molecular complexity index is 618. The van der Waals surface area contributed by atoms with Crippen molar-refractivity contribution < 1.29 is 13.9 Å². The second kappa shape index (κ2) is 6.24. The first-order chi connectivity index (χ1) is 11.7. The molecule has 5 nitrogen and oxygen atoms in total. The third-order valence-electron chi connectivity index (χ3n) is 5.70. The van der Waals surface area contributed by atoms with Crippen molar-refractivity contribution in [2.75, 3.05) is 31.2 Å². The molecule has 0 aromatic heterocycles. The lowest BCUT2D eigenvalue weighted by Crippen LogP contribution is -2.45. The number of anilines is 1. The van der Waals surface area contributed by atoms with Crippen LogP contribution in [0.4, 0.5) is 14.9 Å². The average Bonchev–Trinajstić information content (AvgIpc) is 3.01. The average molecular weight is 333 g/mol. The molecule has 1 aliphatic carbocycles. The van der Waals surface area contributed by atoms with Crippen LogP contribution >= 0.6 is 0 Å². The van der Waals surface area contributed by atoms with Gasteiger partial charge < -0.3 is 20.3 Å². The Balaban J connectivity index is 1.26. The number of nitrogens with one attached hydrogen (secondary N) is 2. The molecule has 24 heavy (non-hydrogen) atoms. The van der Waals surface area contributed by atoms with Crippen LogP contribution in [0.5, 0.6) is 0 Å². The summed E-state index contributed by atoms with van der Waals surface area (Å²) in [6.07, 6.45) is 3.99. The molecule has 0 bridgehead atoms. The molecule has 3 aliphatic rings. The molecular weight excluding hydrogens is 309 g/mol. The number of hydrogen-bond donors (Lipinski definition) is 2. The van der Waals surface area contributed by atoms with E-state index in [1.807, 2.05) is 11.0 Å². The van der Waals surface area contributed by atoms with Crippen molar-refractivity contribution in [2.24, 2.45) is 5.41 Å². The topological polar surface area (TPSA) is 53.6 Å². The minimum absolute atomic E-state index is 0.0639. The molecular formula is C18H24FN3O2. The molecule has 2 saturated heterocycles. The standard InChI is InChI=1S/C18H24FN3O2/c19-14-3-1-2-4-15(14)22-8-5-13(12-22)20-17(23)21-16-11-18(16)6-9-24-10-7-18/h1-4,13,16H,5-12H2,(H2,20,21,23). The van der Waals surface area contributed by atoms with Gasteiger partial charge >= 0.3 is 6.03 Å². The van der Waals surface area contributed by atoms with Crippen molar-refractivity contribution in [3.63, 3.8) is 0 Å². The molecule has 3 fully saturated rings. The Kier molecular flexibility index (Phi) is 4.08. The van der Waals surface area contributed by atoms with E-state index in [1.165, 1.54) is 6.07 Å². The first-order valence-electron chi connectivity index (χ1n) is 8.81. The highest BCUT2D eigenvalue weighted by atomic mass is 19.1. The fourth-order valence-corrected chi connectivity index (χ4v) is 4.07. The maximum Gasteiger partial charge on any atom is 0.315 e. The van der Waals surface area contributed by atoms with Crippen LogP contribution in [0, 0.1) is 11.2 Å². The van der Waals surface area contributed by atoms with E-state index >= 15 is 0 Å². The van der Waals surface area contributed by atoms with E-state index in [4.69, 9.17) is 4.74 Å². The number of rotatable bonds is 3. The van der Waals surface area contributed by atoms with Gasteiger partial charge in [-0.05, 0) is 43.2 Å². The van der Waals surface area contributed by atoms with Gasteiger partial charge in [-0.3, -0.25) is 0 Å². The van der Waals surface area contributed by atoms with Crippen molar-refractivity contribution in [3.8, 4) is 0 Å². The first-order valence-corrected chi connectivity index (χ1v) is 8.81. The van der Waals surface area contributed by atoms with E-state index in [2.05, 4.69) is 10.6 Å². The Morgan fingerprint density at radius 3 is 2.83 bits per heavy atom. The van der Waals surface area contributed by atoms with Crippen molar-refractivity contribution in [2.45, 2.75) is 37.8 Å². The van der Waals surface area contributed by atoms with Gasteiger partial charge in [0.2, 0.25) is 0 Å². The Morgan fingerprint density at radius 2 is 2.04 bits per heavy atom. The fraction of sp³-hybridized carbons (Fsp3) is 0.611. The number of urea groups is 1. The van der Waals surface area contributed by atoms with Crippen LogP contribution in [0.1, 0.15) is 25.7 Å². The van der Waals surface area contributed by atoms with Crippen LogP contribution in [0.15, 0.2) is 24.3 Å². The van der Waals surface area contributed by atoms with Gasteiger partial charge in [0, 0.05) is 38.4 Å². The van der Waals surface area contributed by atoms with Crippen LogP contribution in [0.2, 0.25) is 0 Å². The van der Waals surface area contributed by atoms with Gasteiger partial charge in [0.05, 0.1) is 5.69 Å². The van der Waals surface area contributed by atoms with E-state index in [9.17, 15) is 9.18 Å². The minimum Gasteiger partial charge on any atom is -0.381 e. The number of hydrogen-bond acceptors (Lipinski definition) is 3. The normalized spacial score (nSPS) is 28.0. The molecule has 1 aromatic carbocycles. The molecule has 2 atom stereocenters. The van der Waals surface area contributed by atoms with Gasteiger partial charge in [0.15, 0.2) is 0 Å². The SMILES string of the molecule is O=C(NC1CCN(c2ccccc2F)C1)NC1CC12CCOCC2. The fourth-order valence-electron chi connectivity index (χ4n) is 4.07. The number of carbonyl (C=O) groups is 1. The van der Waals surface area contributed by atoms with E-state index < -0.39 is 0 Å². The zero-order chi connectivity index (χ0) is 16.6. The molecule has 0 radical (unpaired) electrons. The number of amides is 2. The number of carbonyl (C=O) groups excluding carboxylic acids is 1. The Hall–Kier alpha value is -1.82. The monoisotopic (exact) mass is 333 g/mol. The van der Waals surface area contributed by atoms with Crippen molar-refractivity contribution in [1.29, 1.82) is 0 Å². The number of nitrogens with zero attached hydrogens (tertiary/aromatic N) is 1. The summed E-state index contributed by atoms with van der Waals surface area (Å²) in [6, 6.07) is 7.05. The van der Waals surface area contributed by atoms with Crippen LogP contribution in [0.25, 0.3) is 0 Å². The van der Waals surface area contributed by atoms with Crippen molar-refractivity contribution >= 4 is 11.7 Å². The molecule has 2 N–H and O–H groups in total. The molecule has 1 saturated carbocycles. The van der Waals surface area contributed by atoms with Crippen LogP contribution in [0.3, 0.4) is 0 Å². The molecule has 130 valence electrons. The van der Waals surface area contributed by atoms with Gasteiger partial charge in [0.1, 0.15) is 5.82 Å². The van der Waals surface area contributed by atoms with E-state index in [1.54, 1.807) is 12.1 Å². The number of para-hydroxylation sites is 1. The van der Waals surface area contributed by atoms with Gasteiger partial charge in [0.25, 0.3) is 0 Å². The number of halogens is 1. The van der Waals surface area contributed by atoms with Crippen LogP contribution in [-0.2, 0) is 4.74 Å². The summed E-state index contributed by atoms with van der Waals surface area (Å²) in [7, 11) is 0. The predicted molar refractivity (Wildman–Crippen MR) is 89.6 cm³/mol. The van der Waals surface area contributed by atoms with E-state index in [-0.39, 0.29) is 29.3 Å². The van der Waals surface area contributed by atoms with E-state index in [0.717, 1.165) is 45.4 Å². The molecule has 2 heterocycles. The quantitative estimate of drug-likeness (QED) is 0.892. The van der Waals surface area contributed by atoms with E-state index in [0.29, 0.717) is 12.2 Å². The predicted octanol–water partition coefficient (Wildman–Crippen LogP) is 2.27. The van der Waals surface area contributed by atoms with Gasteiger partial charge in [-0.25, -0.2) is 9.18 Å². The Morgan fingerprint density at radius 1 is 1.25 bits per heavy atom. The molecule has 1 spiro atoms. The largest absolute Gasteiger partial charge is 0.381 e. The highest BCUT2D eigenvalue weighted by Crippen LogP contribution is 2.53. The summed E-state index contributed by atoms with van der Waals surface area (Å²) < 4.78 is 19.3. The zero-order valence-electron chi connectivity index (χ0n) is 13.8. The highest BCUT2D eigenvalue weighted by molar-refractivity contribution is 5.75. The summed E-state index contributed by atoms with van der Waals surface area (Å²) in [5.74, 6) is -0.206. The lowest BCUT2D eigenvalue weighted by atomic mass is 9.96. The Labute approximate surface area is 141 Å². The summed E-state index contributed by atoms with van der Waals surface area (Å²) in [5, 5.41) is 6.16. The summed E-state index contributed by atoms with van der Waals surface area (Å²) in [6.45, 7) is 3.02. The van der Waals surface area contributed by atoms with Gasteiger partial charge in [-0.15, -0.1) is 0 Å². The maximum atomic E-state index is 13.9. The minimum atomic E-state index is -0.206. The molecule has 4 rings (SSSR count). The number of benzene rings is 1. The summed E-state index contributed by atoms with van der Waals surface area (Å²) in [5.41, 5.74) is 0.898. The van der Waals surface area contributed by atoms with Crippen molar-refractivity contribution in [3.05, 3.63) is 30.1 Å². The van der Waals surface area contributed by atoms with Gasteiger partial charge in [-0.1, -0.05) is 12.1 Å². The summed E-state index contributed by atoms with van der Waals surface area (Å²) >= 11 is 0. The second-order valence-electron chi connectivity index (χ2n) is 7.23. The highest BCUT2D eigenvalue weighted by Gasteiger charge is 2.55. The smallest absolute Gasteiger partial charge is 0.315 e. The third kappa shape index (κ3) is 3.07. The molecule has 1 aromatic rings. The molecule has 2 aliphatic heterocycles. The van der Waals surface area contributed by atoms with Gasteiger partial charge in [-0.2, -0.15) is 0 Å². The third-order valence-corrected chi connectivity index (χ3v) is 5.70. The van der Waals surface area contributed by atoms with Crippen LogP contribution < -0.4 is 15.5 Å². The van der Waals surface area contributed by atoms with Crippen molar-refractivity contribution in [1.82, 2.24) is 10.6 Å². The molecule has 2 amide bonds. The lowest BCUT2D eigenvalue weighted by Gasteiger charge is -2.23. The lowest BCUT2D eigenvalue weighted by molar-refractivity contribution is 0.0547. The molecule has 6 heteroatoms. The first kappa shape index (κ1) is 15.7. The molecule has 2 unspecified atom stereocenters. The summed E-state index contributed by atoms with van der Waals surface area (Å²) in [4.78, 5) is 14.2. The van der Waals surface area contributed by atoms with Crippen LogP contribution in [-0.4, -0.2) is 44.4 Å².